The number of fused-ring (bicyclic) bond motifs is 1. The molecule has 98 valence electrons. The maximum atomic E-state index is 11.8. The highest BCUT2D eigenvalue weighted by atomic mass is 19.4. The topological polar surface area (TPSA) is 63.9 Å². The van der Waals surface area contributed by atoms with Crippen molar-refractivity contribution in [1.29, 1.82) is 0 Å². The van der Waals surface area contributed by atoms with E-state index in [-0.39, 0.29) is 13.0 Å². The molecule has 2 rings (SSSR count). The number of halogens is 3. The molecular weight excluding hydrogens is 247 g/mol. The number of nitrogen functional groups attached to an aromatic ring is 1. The van der Waals surface area contributed by atoms with E-state index in [0.717, 1.165) is 5.52 Å². The van der Waals surface area contributed by atoms with Crippen molar-refractivity contribution in [3.05, 3.63) is 24.0 Å². The van der Waals surface area contributed by atoms with Gasteiger partial charge in [-0.15, -0.1) is 0 Å². The largest absolute Gasteiger partial charge is 0.411 e. The minimum Gasteiger partial charge on any atom is -0.397 e. The van der Waals surface area contributed by atoms with E-state index in [9.17, 15) is 13.2 Å². The second-order valence-electron chi connectivity index (χ2n) is 3.84. The number of para-hydroxylation sites is 1. The van der Waals surface area contributed by atoms with Gasteiger partial charge in [0.05, 0.1) is 17.8 Å². The second-order valence-corrected chi connectivity index (χ2v) is 3.84. The minimum absolute atomic E-state index is 0.0424. The fourth-order valence-corrected chi connectivity index (χ4v) is 1.58. The van der Waals surface area contributed by atoms with Crippen molar-refractivity contribution in [3.8, 4) is 0 Å². The van der Waals surface area contributed by atoms with Gasteiger partial charge in [-0.2, -0.15) is 13.2 Å². The highest BCUT2D eigenvalue weighted by molar-refractivity contribution is 5.86. The van der Waals surface area contributed by atoms with Crippen molar-refractivity contribution in [1.82, 2.24) is 9.97 Å². The van der Waals surface area contributed by atoms with Gasteiger partial charge in [-0.05, 0) is 12.1 Å². The first-order chi connectivity index (χ1) is 8.46. The van der Waals surface area contributed by atoms with Gasteiger partial charge in [-0.25, -0.2) is 4.98 Å². The van der Waals surface area contributed by atoms with Crippen molar-refractivity contribution in [3.63, 3.8) is 0 Å². The molecule has 0 radical (unpaired) electrons. The summed E-state index contributed by atoms with van der Waals surface area (Å²) in [5.74, 6) is 0.560. The van der Waals surface area contributed by atoms with E-state index in [4.69, 9.17) is 5.73 Å². The van der Waals surface area contributed by atoms with Gasteiger partial charge < -0.3 is 15.5 Å². The van der Waals surface area contributed by atoms with Crippen LogP contribution in [-0.2, 0) is 11.2 Å². The van der Waals surface area contributed by atoms with E-state index in [1.165, 1.54) is 0 Å². The van der Waals surface area contributed by atoms with Crippen LogP contribution in [0.2, 0.25) is 0 Å². The summed E-state index contributed by atoms with van der Waals surface area (Å²) in [7, 11) is 0. The maximum Gasteiger partial charge on any atom is 0.411 e. The molecule has 0 aliphatic rings. The molecule has 18 heavy (non-hydrogen) atoms. The molecule has 0 unspecified atom stereocenters. The number of imidazole rings is 1. The van der Waals surface area contributed by atoms with E-state index in [1.807, 2.05) is 0 Å². The van der Waals surface area contributed by atoms with Gasteiger partial charge >= 0.3 is 6.18 Å². The van der Waals surface area contributed by atoms with E-state index in [0.29, 0.717) is 17.0 Å². The summed E-state index contributed by atoms with van der Waals surface area (Å²) < 4.78 is 40.0. The van der Waals surface area contributed by atoms with Crippen molar-refractivity contribution >= 4 is 16.7 Å². The fourth-order valence-electron chi connectivity index (χ4n) is 1.58. The van der Waals surface area contributed by atoms with Gasteiger partial charge in [0.15, 0.2) is 0 Å². The lowest BCUT2D eigenvalue weighted by Gasteiger charge is -2.06. The highest BCUT2D eigenvalue weighted by Crippen LogP contribution is 2.18. The normalized spacial score (nSPS) is 12.2. The molecule has 0 fully saturated rings. The molecule has 0 aliphatic heterocycles. The molecule has 0 aliphatic carbocycles. The van der Waals surface area contributed by atoms with Gasteiger partial charge in [-0.1, -0.05) is 6.07 Å². The van der Waals surface area contributed by atoms with Crippen LogP contribution in [0.4, 0.5) is 18.9 Å². The Labute approximate surface area is 101 Å². The first-order valence-electron chi connectivity index (χ1n) is 5.33. The van der Waals surface area contributed by atoms with E-state index in [2.05, 4.69) is 14.7 Å². The van der Waals surface area contributed by atoms with Crippen LogP contribution in [0.3, 0.4) is 0 Å². The molecule has 0 saturated heterocycles. The standard InChI is InChI=1S/C11H12F3N3O/c12-11(13,14)6-18-5-4-9-16-8-3-1-2-7(15)10(8)17-9/h1-3H,4-6,15H2,(H,16,17). The average molecular weight is 259 g/mol. The molecule has 2 aromatic rings. The number of ether oxygens (including phenoxy) is 1. The molecule has 4 nitrogen and oxygen atoms in total. The number of alkyl halides is 3. The number of hydrogen-bond acceptors (Lipinski definition) is 3. The molecule has 1 aromatic carbocycles. The van der Waals surface area contributed by atoms with E-state index >= 15 is 0 Å². The Morgan fingerprint density at radius 2 is 2.11 bits per heavy atom. The fraction of sp³-hybridized carbons (Fsp3) is 0.364. The van der Waals surface area contributed by atoms with Gasteiger partial charge in [0.2, 0.25) is 0 Å². The number of aromatic amines is 1. The van der Waals surface area contributed by atoms with Gasteiger partial charge in [0.1, 0.15) is 17.9 Å². The molecular formula is C11H12F3N3O. The predicted octanol–water partition coefficient (Wildman–Crippen LogP) is 2.27. The Balaban J connectivity index is 1.94. The van der Waals surface area contributed by atoms with Crippen LogP contribution in [0, 0.1) is 0 Å². The van der Waals surface area contributed by atoms with Gasteiger partial charge in [0, 0.05) is 6.42 Å². The zero-order chi connectivity index (χ0) is 13.2. The summed E-state index contributed by atoms with van der Waals surface area (Å²) in [5.41, 5.74) is 7.65. The molecule has 0 saturated carbocycles. The molecule has 7 heteroatoms. The number of nitrogens with one attached hydrogen (secondary N) is 1. The Morgan fingerprint density at radius 1 is 1.33 bits per heavy atom. The van der Waals surface area contributed by atoms with Crippen LogP contribution in [-0.4, -0.2) is 29.4 Å². The summed E-state index contributed by atoms with van der Waals surface area (Å²) in [4.78, 5) is 7.19. The Morgan fingerprint density at radius 3 is 2.78 bits per heavy atom. The van der Waals surface area contributed by atoms with Crippen molar-refractivity contribution < 1.29 is 17.9 Å². The SMILES string of the molecule is Nc1cccc2[nH]c(CCOCC(F)(F)F)nc12. The maximum absolute atomic E-state index is 11.8. The molecule has 3 N–H and O–H groups in total. The highest BCUT2D eigenvalue weighted by Gasteiger charge is 2.27. The summed E-state index contributed by atoms with van der Waals surface area (Å²) in [6, 6.07) is 5.30. The lowest BCUT2D eigenvalue weighted by molar-refractivity contribution is -0.173. The van der Waals surface area contributed by atoms with Crippen LogP contribution in [0.5, 0.6) is 0 Å². The van der Waals surface area contributed by atoms with Crippen LogP contribution in [0.15, 0.2) is 18.2 Å². The summed E-state index contributed by atoms with van der Waals surface area (Å²) in [6.45, 7) is -1.28. The Bertz CT molecular complexity index is 536. The van der Waals surface area contributed by atoms with Crippen LogP contribution >= 0.6 is 0 Å². The lowest BCUT2D eigenvalue weighted by atomic mass is 10.3. The van der Waals surface area contributed by atoms with Crippen molar-refractivity contribution in [2.24, 2.45) is 0 Å². The third kappa shape index (κ3) is 3.13. The van der Waals surface area contributed by atoms with Gasteiger partial charge in [0.25, 0.3) is 0 Å². The quantitative estimate of drug-likeness (QED) is 0.654. The lowest BCUT2D eigenvalue weighted by Crippen LogP contribution is -2.18. The molecule has 1 heterocycles. The molecule has 1 aromatic heterocycles. The number of anilines is 1. The summed E-state index contributed by atoms with van der Waals surface area (Å²) in [5, 5.41) is 0. The Kier molecular flexibility index (Phi) is 3.42. The molecule has 0 amide bonds. The van der Waals surface area contributed by atoms with Crippen LogP contribution in [0.1, 0.15) is 5.82 Å². The third-order valence-corrected chi connectivity index (χ3v) is 2.34. The number of benzene rings is 1. The zero-order valence-corrected chi connectivity index (χ0v) is 9.42. The smallest absolute Gasteiger partial charge is 0.397 e. The Hall–Kier alpha value is -1.76. The first kappa shape index (κ1) is 12.7. The van der Waals surface area contributed by atoms with Gasteiger partial charge in [-0.3, -0.25) is 0 Å². The van der Waals surface area contributed by atoms with Crippen molar-refractivity contribution in [2.45, 2.75) is 12.6 Å². The number of nitrogens with zero attached hydrogens (tertiary/aromatic N) is 1. The average Bonchev–Trinajstić information content (AvgIpc) is 2.68. The number of nitrogens with two attached hydrogens (primary N) is 1. The van der Waals surface area contributed by atoms with Crippen LogP contribution in [0.25, 0.3) is 11.0 Å². The number of H-pyrrole nitrogens is 1. The number of aromatic nitrogens is 2. The van der Waals surface area contributed by atoms with Crippen molar-refractivity contribution in [2.75, 3.05) is 18.9 Å². The first-order valence-corrected chi connectivity index (χ1v) is 5.33. The van der Waals surface area contributed by atoms with Crippen LogP contribution < -0.4 is 5.73 Å². The monoisotopic (exact) mass is 259 g/mol. The minimum atomic E-state index is -4.29. The predicted molar refractivity (Wildman–Crippen MR) is 61.1 cm³/mol. The molecule has 0 atom stereocenters. The van der Waals surface area contributed by atoms with E-state index < -0.39 is 12.8 Å². The van der Waals surface area contributed by atoms with E-state index in [1.54, 1.807) is 18.2 Å². The second kappa shape index (κ2) is 4.85. The summed E-state index contributed by atoms with van der Waals surface area (Å²) in [6.07, 6.45) is -4.01. The molecule has 0 spiro atoms. The zero-order valence-electron chi connectivity index (χ0n) is 9.42. The number of hydrogen-bond donors (Lipinski definition) is 2. The summed E-state index contributed by atoms with van der Waals surface area (Å²) >= 11 is 0. The third-order valence-electron chi connectivity index (χ3n) is 2.34. The molecule has 0 bridgehead atoms. The number of rotatable bonds is 4.